The molecule has 7 nitrogen and oxygen atoms in total. The van der Waals surface area contributed by atoms with Crippen LogP contribution < -0.4 is 11.5 Å². The molecule has 0 fully saturated rings. The molecular formula is C23H24N6OS. The van der Waals surface area contributed by atoms with Crippen LogP contribution in [0.2, 0.25) is 0 Å². The summed E-state index contributed by atoms with van der Waals surface area (Å²) in [5, 5.41) is 8.81. The van der Waals surface area contributed by atoms with E-state index in [1.165, 1.54) is 4.90 Å². The number of aromatic nitrogens is 4. The number of thioether (sulfide) groups is 1. The number of benzene rings is 2. The lowest BCUT2D eigenvalue weighted by molar-refractivity contribution is 0.582. The van der Waals surface area contributed by atoms with Crippen LogP contribution in [-0.4, -0.2) is 25.4 Å². The van der Waals surface area contributed by atoms with Crippen molar-refractivity contribution in [2.45, 2.75) is 37.0 Å². The van der Waals surface area contributed by atoms with Gasteiger partial charge in [-0.15, -0.1) is 22.0 Å². The van der Waals surface area contributed by atoms with Crippen molar-refractivity contribution in [1.29, 1.82) is 0 Å². The van der Waals surface area contributed by atoms with E-state index < -0.39 is 0 Å². The molecule has 31 heavy (non-hydrogen) atoms. The van der Waals surface area contributed by atoms with E-state index in [2.05, 4.69) is 46.1 Å². The number of hydrogen-bond donors (Lipinski definition) is 2. The average molecular weight is 433 g/mol. The molecule has 0 aliphatic rings. The maximum atomic E-state index is 6.06. The third kappa shape index (κ3) is 4.76. The van der Waals surface area contributed by atoms with Gasteiger partial charge in [-0.2, -0.15) is 0 Å². The van der Waals surface area contributed by atoms with Gasteiger partial charge < -0.3 is 15.9 Å². The van der Waals surface area contributed by atoms with Gasteiger partial charge in [0.15, 0.2) is 11.5 Å². The zero-order valence-corrected chi connectivity index (χ0v) is 18.4. The van der Waals surface area contributed by atoms with Crippen molar-refractivity contribution in [2.75, 3.05) is 5.73 Å². The molecule has 0 aliphatic heterocycles. The number of nitrogen functional groups attached to an aromatic ring is 1. The molecule has 4 rings (SSSR count). The van der Waals surface area contributed by atoms with E-state index in [0.29, 0.717) is 22.5 Å². The molecule has 2 aromatic heterocycles. The van der Waals surface area contributed by atoms with Gasteiger partial charge in [-0.05, 0) is 36.8 Å². The quantitative estimate of drug-likeness (QED) is 0.410. The van der Waals surface area contributed by atoms with E-state index in [4.69, 9.17) is 15.9 Å². The van der Waals surface area contributed by atoms with Gasteiger partial charge in [0.2, 0.25) is 5.89 Å². The van der Waals surface area contributed by atoms with Crippen LogP contribution in [0, 0.1) is 0 Å². The predicted octanol–water partition coefficient (Wildman–Crippen LogP) is 4.96. The molecule has 4 N–H and O–H groups in total. The summed E-state index contributed by atoms with van der Waals surface area (Å²) in [6.45, 7) is 6.27. The first kappa shape index (κ1) is 21.0. The van der Waals surface area contributed by atoms with Crippen molar-refractivity contribution in [3.8, 4) is 34.3 Å². The van der Waals surface area contributed by atoms with Gasteiger partial charge in [0.1, 0.15) is 0 Å². The van der Waals surface area contributed by atoms with Crippen molar-refractivity contribution in [2.24, 2.45) is 5.73 Å². The Balaban J connectivity index is 1.62. The van der Waals surface area contributed by atoms with Crippen LogP contribution >= 0.6 is 11.8 Å². The smallest absolute Gasteiger partial charge is 0.270 e. The molecule has 0 saturated heterocycles. The van der Waals surface area contributed by atoms with E-state index in [0.717, 1.165) is 16.7 Å². The largest absolute Gasteiger partial charge is 0.414 e. The number of anilines is 1. The van der Waals surface area contributed by atoms with Crippen molar-refractivity contribution >= 4 is 17.6 Å². The molecule has 2 heterocycles. The summed E-state index contributed by atoms with van der Waals surface area (Å²) in [7, 11) is 0. The first-order valence-electron chi connectivity index (χ1n) is 10.00. The second kappa shape index (κ2) is 8.87. The molecule has 0 radical (unpaired) electrons. The number of nitrogens with zero attached hydrogens (tertiary/aromatic N) is 4. The summed E-state index contributed by atoms with van der Waals surface area (Å²) < 4.78 is 5.85. The fraction of sp³-hybridized carbons (Fsp3) is 0.217. The normalized spacial score (nSPS) is 12.3. The highest BCUT2D eigenvalue weighted by molar-refractivity contribution is 7.99. The summed E-state index contributed by atoms with van der Waals surface area (Å²) >= 11 is 1.81. The maximum Gasteiger partial charge on any atom is 0.270 e. The van der Waals surface area contributed by atoms with E-state index >= 15 is 0 Å². The van der Waals surface area contributed by atoms with E-state index in [1.54, 1.807) is 6.20 Å². The molecule has 1 atom stereocenters. The van der Waals surface area contributed by atoms with Crippen LogP contribution in [0.15, 0.2) is 64.0 Å². The molecule has 4 aromatic rings. The maximum absolute atomic E-state index is 6.06. The highest BCUT2D eigenvalue weighted by Crippen LogP contribution is 2.30. The lowest BCUT2D eigenvalue weighted by Gasteiger charge is -2.07. The van der Waals surface area contributed by atoms with Crippen LogP contribution in [0.1, 0.15) is 32.4 Å². The first-order valence-corrected chi connectivity index (χ1v) is 10.9. The van der Waals surface area contributed by atoms with Crippen LogP contribution in [0.5, 0.6) is 0 Å². The molecule has 158 valence electrons. The van der Waals surface area contributed by atoms with Crippen molar-refractivity contribution in [3.05, 3.63) is 60.3 Å². The van der Waals surface area contributed by atoms with Gasteiger partial charge in [0, 0.05) is 27.3 Å². The lowest BCUT2D eigenvalue weighted by Crippen LogP contribution is -2.04. The third-order valence-corrected chi connectivity index (χ3v) is 5.65. The van der Waals surface area contributed by atoms with Crippen molar-refractivity contribution < 1.29 is 4.42 Å². The van der Waals surface area contributed by atoms with Crippen LogP contribution in [0.3, 0.4) is 0 Å². The molecule has 0 unspecified atom stereocenters. The zero-order valence-electron chi connectivity index (χ0n) is 17.6. The minimum absolute atomic E-state index is 0.0388. The molecule has 2 aromatic carbocycles. The van der Waals surface area contributed by atoms with Crippen LogP contribution in [0.4, 0.5) is 5.82 Å². The second-order valence-electron chi connectivity index (χ2n) is 7.50. The zero-order chi connectivity index (χ0) is 22.0. The highest BCUT2D eigenvalue weighted by atomic mass is 32.2. The SMILES string of the molecule is CC(C)Sc1ccc(-c2cnc(N)c(-c3nnc(-c4ccc([C@@H](C)N)cc4)o3)n2)cc1. The summed E-state index contributed by atoms with van der Waals surface area (Å²) in [5.74, 6) is 0.844. The van der Waals surface area contributed by atoms with E-state index in [-0.39, 0.29) is 17.8 Å². The Morgan fingerprint density at radius 3 is 2.16 bits per heavy atom. The Hall–Kier alpha value is -3.23. The number of hydrogen-bond acceptors (Lipinski definition) is 8. The molecule has 0 aliphatic carbocycles. The monoisotopic (exact) mass is 432 g/mol. The van der Waals surface area contributed by atoms with Gasteiger partial charge in [0.25, 0.3) is 5.89 Å². The summed E-state index contributed by atoms with van der Waals surface area (Å²) in [6.07, 6.45) is 1.65. The highest BCUT2D eigenvalue weighted by Gasteiger charge is 2.17. The minimum atomic E-state index is -0.0388. The molecular weight excluding hydrogens is 408 g/mol. The molecule has 0 spiro atoms. The standard InChI is InChI=1S/C23H24N6OS/c1-13(2)31-18-10-8-16(9-11-18)19-12-26-21(25)20(27-19)23-29-28-22(30-23)17-6-4-15(5-7-17)14(3)24/h4-14H,24H2,1-3H3,(H2,25,26)/t14-/m1/s1. The lowest BCUT2D eigenvalue weighted by atomic mass is 10.1. The average Bonchev–Trinajstić information content (AvgIpc) is 3.24. The molecule has 0 saturated carbocycles. The molecule has 8 heteroatoms. The topological polar surface area (TPSA) is 117 Å². The summed E-state index contributed by atoms with van der Waals surface area (Å²) in [4.78, 5) is 10.1. The Morgan fingerprint density at radius 1 is 0.871 bits per heavy atom. The molecule has 0 bridgehead atoms. The summed E-state index contributed by atoms with van der Waals surface area (Å²) in [5.41, 5.74) is 15.8. The predicted molar refractivity (Wildman–Crippen MR) is 124 cm³/mol. The Kier molecular flexibility index (Phi) is 6.01. The minimum Gasteiger partial charge on any atom is -0.414 e. The number of rotatable bonds is 6. The Bertz CT molecular complexity index is 1170. The fourth-order valence-electron chi connectivity index (χ4n) is 3.04. The second-order valence-corrected chi connectivity index (χ2v) is 9.15. The first-order chi connectivity index (χ1) is 14.9. The third-order valence-electron chi connectivity index (χ3n) is 4.63. The van der Waals surface area contributed by atoms with Gasteiger partial charge in [-0.25, -0.2) is 9.97 Å². The van der Waals surface area contributed by atoms with Gasteiger partial charge in [-0.1, -0.05) is 38.1 Å². The summed E-state index contributed by atoms with van der Waals surface area (Å²) in [6, 6.07) is 15.9. The Morgan fingerprint density at radius 2 is 1.52 bits per heavy atom. The fourth-order valence-corrected chi connectivity index (χ4v) is 3.87. The molecule has 0 amide bonds. The van der Waals surface area contributed by atoms with Gasteiger partial charge in [-0.3, -0.25) is 0 Å². The van der Waals surface area contributed by atoms with Gasteiger partial charge in [0.05, 0.1) is 11.9 Å². The van der Waals surface area contributed by atoms with Crippen LogP contribution in [0.25, 0.3) is 34.3 Å². The van der Waals surface area contributed by atoms with Crippen molar-refractivity contribution in [1.82, 2.24) is 20.2 Å². The van der Waals surface area contributed by atoms with Crippen LogP contribution in [-0.2, 0) is 0 Å². The van der Waals surface area contributed by atoms with E-state index in [1.807, 2.05) is 55.1 Å². The van der Waals surface area contributed by atoms with Crippen molar-refractivity contribution in [3.63, 3.8) is 0 Å². The van der Waals surface area contributed by atoms with Gasteiger partial charge >= 0.3 is 0 Å². The Labute approximate surface area is 185 Å². The number of nitrogens with two attached hydrogens (primary N) is 2. The van der Waals surface area contributed by atoms with E-state index in [9.17, 15) is 0 Å².